The molecule has 1 saturated heterocycles. The quantitative estimate of drug-likeness (QED) is 0.671. The smallest absolute Gasteiger partial charge is 0.139 e. The summed E-state index contributed by atoms with van der Waals surface area (Å²) in [6, 6.07) is 14.9. The zero-order valence-corrected chi connectivity index (χ0v) is 14.7. The number of thioether (sulfide) groups is 1. The summed E-state index contributed by atoms with van der Waals surface area (Å²) >= 11 is 14.1. The Hall–Kier alpha value is -1.03. The lowest BCUT2D eigenvalue weighted by Crippen LogP contribution is -2.45. The van der Waals surface area contributed by atoms with Crippen LogP contribution in [-0.4, -0.2) is 22.2 Å². The van der Waals surface area contributed by atoms with E-state index >= 15 is 0 Å². The maximum atomic E-state index is 6.31. The normalized spacial score (nSPS) is 23.4. The van der Waals surface area contributed by atoms with Gasteiger partial charge in [-0.2, -0.15) is 0 Å². The third kappa shape index (κ3) is 1.96. The summed E-state index contributed by atoms with van der Waals surface area (Å²) in [6.45, 7) is 3.15. The van der Waals surface area contributed by atoms with Crippen molar-refractivity contribution < 1.29 is 0 Å². The molecule has 0 aromatic heterocycles. The molecule has 0 N–H and O–H groups in total. The first-order chi connectivity index (χ1) is 10.6. The van der Waals surface area contributed by atoms with Crippen molar-refractivity contribution >= 4 is 40.6 Å². The van der Waals surface area contributed by atoms with Gasteiger partial charge in [-0.15, -0.1) is 11.8 Å². The SMILES string of the molecule is Cc1cccc(C23SCCCN2C(=S)c2ccc(Cl)cc23)c1. The van der Waals surface area contributed by atoms with E-state index in [1.54, 1.807) is 0 Å². The molecule has 0 amide bonds. The second-order valence-corrected chi connectivity index (χ2v) is 7.97. The third-order valence-corrected chi connectivity index (χ3v) is 6.71. The molecule has 0 saturated carbocycles. The highest BCUT2D eigenvalue weighted by atomic mass is 35.5. The minimum atomic E-state index is -0.207. The van der Waals surface area contributed by atoms with Gasteiger partial charge in [0.15, 0.2) is 0 Å². The highest BCUT2D eigenvalue weighted by molar-refractivity contribution is 8.00. The lowest BCUT2D eigenvalue weighted by Gasteiger charge is -2.43. The van der Waals surface area contributed by atoms with Gasteiger partial charge in [0, 0.05) is 22.7 Å². The van der Waals surface area contributed by atoms with Gasteiger partial charge in [-0.25, -0.2) is 0 Å². The Balaban J connectivity index is 2.02. The number of hydrogen-bond donors (Lipinski definition) is 0. The first-order valence-corrected chi connectivity index (χ1v) is 9.23. The molecule has 2 aliphatic rings. The lowest BCUT2D eigenvalue weighted by atomic mass is 9.95. The zero-order chi connectivity index (χ0) is 15.3. The van der Waals surface area contributed by atoms with Gasteiger partial charge in [0.1, 0.15) is 9.86 Å². The van der Waals surface area contributed by atoms with Crippen LogP contribution in [0.15, 0.2) is 42.5 Å². The molecule has 0 spiro atoms. The van der Waals surface area contributed by atoms with E-state index in [4.69, 9.17) is 23.8 Å². The summed E-state index contributed by atoms with van der Waals surface area (Å²) in [6.07, 6.45) is 1.17. The molecular formula is C18H16ClNS2. The van der Waals surface area contributed by atoms with Crippen molar-refractivity contribution in [3.05, 3.63) is 69.7 Å². The molecule has 22 heavy (non-hydrogen) atoms. The van der Waals surface area contributed by atoms with E-state index < -0.39 is 0 Å². The number of thiocarbonyl (C=S) groups is 1. The Bertz CT molecular complexity index is 773. The second kappa shape index (κ2) is 5.26. The van der Waals surface area contributed by atoms with Gasteiger partial charge in [0.05, 0.1) is 0 Å². The fourth-order valence-corrected chi connectivity index (χ4v) is 5.69. The van der Waals surface area contributed by atoms with Gasteiger partial charge in [-0.1, -0.05) is 59.7 Å². The van der Waals surface area contributed by atoms with Crippen molar-refractivity contribution in [1.82, 2.24) is 4.90 Å². The van der Waals surface area contributed by atoms with Crippen LogP contribution in [0.4, 0.5) is 0 Å². The molecule has 1 fully saturated rings. The Morgan fingerprint density at radius 1 is 1.23 bits per heavy atom. The van der Waals surface area contributed by atoms with Crippen molar-refractivity contribution in [2.24, 2.45) is 0 Å². The highest BCUT2D eigenvalue weighted by Gasteiger charge is 2.50. The Morgan fingerprint density at radius 3 is 2.91 bits per heavy atom. The van der Waals surface area contributed by atoms with Crippen LogP contribution < -0.4 is 0 Å². The number of halogens is 1. The fourth-order valence-electron chi connectivity index (χ4n) is 3.52. The van der Waals surface area contributed by atoms with Crippen LogP contribution in [0.3, 0.4) is 0 Å². The molecule has 0 radical (unpaired) electrons. The summed E-state index contributed by atoms with van der Waals surface area (Å²) in [5.41, 5.74) is 5.00. The minimum Gasteiger partial charge on any atom is -0.340 e. The monoisotopic (exact) mass is 345 g/mol. The van der Waals surface area contributed by atoms with Crippen molar-refractivity contribution in [2.75, 3.05) is 12.3 Å². The predicted molar refractivity (Wildman–Crippen MR) is 98.9 cm³/mol. The molecule has 2 heterocycles. The first-order valence-electron chi connectivity index (χ1n) is 7.46. The Kier molecular flexibility index (Phi) is 3.48. The molecule has 2 aromatic rings. The van der Waals surface area contributed by atoms with Crippen LogP contribution in [0.25, 0.3) is 0 Å². The van der Waals surface area contributed by atoms with E-state index in [2.05, 4.69) is 48.2 Å². The van der Waals surface area contributed by atoms with E-state index in [9.17, 15) is 0 Å². The molecule has 1 atom stereocenters. The maximum absolute atomic E-state index is 6.31. The van der Waals surface area contributed by atoms with E-state index in [1.807, 2.05) is 17.8 Å². The van der Waals surface area contributed by atoms with Crippen LogP contribution in [0.2, 0.25) is 5.02 Å². The van der Waals surface area contributed by atoms with Crippen molar-refractivity contribution in [2.45, 2.75) is 18.2 Å². The second-order valence-electron chi connectivity index (χ2n) is 5.86. The topological polar surface area (TPSA) is 3.24 Å². The molecule has 1 nitrogen and oxygen atoms in total. The average Bonchev–Trinajstić information content (AvgIpc) is 2.78. The Morgan fingerprint density at radius 2 is 2.09 bits per heavy atom. The summed E-state index contributed by atoms with van der Waals surface area (Å²) < 4.78 is 0. The van der Waals surface area contributed by atoms with Crippen LogP contribution >= 0.6 is 35.6 Å². The van der Waals surface area contributed by atoms with E-state index in [0.29, 0.717) is 0 Å². The number of rotatable bonds is 1. The molecule has 0 bridgehead atoms. The van der Waals surface area contributed by atoms with Crippen LogP contribution in [0, 0.1) is 6.92 Å². The number of aryl methyl sites for hydroxylation is 1. The summed E-state index contributed by atoms with van der Waals surface area (Å²) in [7, 11) is 0. The molecule has 0 aliphatic carbocycles. The number of benzene rings is 2. The predicted octanol–water partition coefficient (Wildman–Crippen LogP) is 4.98. The molecule has 1 unspecified atom stereocenters. The van der Waals surface area contributed by atoms with Gasteiger partial charge >= 0.3 is 0 Å². The van der Waals surface area contributed by atoms with Crippen LogP contribution in [0.1, 0.15) is 28.7 Å². The minimum absolute atomic E-state index is 0.207. The molecule has 4 rings (SSSR count). The standard InChI is InChI=1S/C18H16ClNS2/c1-12-4-2-5-13(10-12)18-16-11-14(19)6-7-15(16)17(21)20(18)8-3-9-22-18/h2,4-7,10-11H,3,8-9H2,1H3. The Labute approximate surface area is 145 Å². The van der Waals surface area contributed by atoms with Gasteiger partial charge in [-0.05, 0) is 36.8 Å². The summed E-state index contributed by atoms with van der Waals surface area (Å²) in [5.74, 6) is 1.14. The molecule has 2 aromatic carbocycles. The van der Waals surface area contributed by atoms with E-state index in [1.165, 1.54) is 23.1 Å². The highest BCUT2D eigenvalue weighted by Crippen LogP contribution is 2.54. The van der Waals surface area contributed by atoms with Crippen LogP contribution in [0.5, 0.6) is 0 Å². The summed E-state index contributed by atoms with van der Waals surface area (Å²) in [4.78, 5) is 3.15. The van der Waals surface area contributed by atoms with E-state index in [-0.39, 0.29) is 4.87 Å². The van der Waals surface area contributed by atoms with Gasteiger partial charge < -0.3 is 4.90 Å². The molecule has 2 aliphatic heterocycles. The zero-order valence-electron chi connectivity index (χ0n) is 12.3. The maximum Gasteiger partial charge on any atom is 0.139 e. The fraction of sp³-hybridized carbons (Fsp3) is 0.278. The number of nitrogens with zero attached hydrogens (tertiary/aromatic N) is 1. The van der Waals surface area contributed by atoms with Crippen molar-refractivity contribution in [3.8, 4) is 0 Å². The molecule has 112 valence electrons. The lowest BCUT2D eigenvalue weighted by molar-refractivity contribution is 0.332. The van der Waals surface area contributed by atoms with Crippen LogP contribution in [-0.2, 0) is 4.87 Å². The summed E-state index contributed by atoms with van der Waals surface area (Å²) in [5, 5.41) is 0.779. The van der Waals surface area contributed by atoms with Crippen molar-refractivity contribution in [3.63, 3.8) is 0 Å². The van der Waals surface area contributed by atoms with Gasteiger partial charge in [0.25, 0.3) is 0 Å². The largest absolute Gasteiger partial charge is 0.340 e. The van der Waals surface area contributed by atoms with Crippen molar-refractivity contribution in [1.29, 1.82) is 0 Å². The number of hydrogen-bond acceptors (Lipinski definition) is 2. The third-order valence-electron chi connectivity index (χ3n) is 4.45. The van der Waals surface area contributed by atoms with E-state index in [0.717, 1.165) is 27.9 Å². The van der Waals surface area contributed by atoms with Gasteiger partial charge in [-0.3, -0.25) is 0 Å². The molecule has 4 heteroatoms. The molecular weight excluding hydrogens is 330 g/mol. The number of fused-ring (bicyclic) bond motifs is 3. The average molecular weight is 346 g/mol. The first kappa shape index (κ1) is 14.6. The van der Waals surface area contributed by atoms with Gasteiger partial charge in [0.2, 0.25) is 0 Å².